The van der Waals surface area contributed by atoms with Crippen molar-refractivity contribution >= 4 is 5.69 Å². The molecule has 1 aromatic heterocycles. The zero-order valence-corrected chi connectivity index (χ0v) is 12.2. The second kappa shape index (κ2) is 5.44. The fraction of sp³-hybridized carbons (Fsp3) is 0.118. The van der Waals surface area contributed by atoms with Gasteiger partial charge in [-0.2, -0.15) is 0 Å². The topological polar surface area (TPSA) is 69.2 Å². The fourth-order valence-corrected chi connectivity index (χ4v) is 2.39. The monoisotopic (exact) mass is 294 g/mol. The highest BCUT2D eigenvalue weighted by molar-refractivity contribution is 5.64. The van der Waals surface area contributed by atoms with Crippen molar-refractivity contribution < 1.29 is 9.34 Å². The number of nitro groups is 1. The summed E-state index contributed by atoms with van der Waals surface area (Å²) in [6.07, 6.45) is 1.56. The Balaban J connectivity index is 1.94. The number of oxazole rings is 1. The molecule has 5 nitrogen and oxygen atoms in total. The first-order valence-corrected chi connectivity index (χ1v) is 6.82. The Labute approximate surface area is 127 Å². The number of nitrogens with zero attached hydrogens (tertiary/aromatic N) is 2. The summed E-state index contributed by atoms with van der Waals surface area (Å²) in [5, 5.41) is 10.7. The first kappa shape index (κ1) is 14.0. The van der Waals surface area contributed by atoms with Gasteiger partial charge in [-0.15, -0.1) is 0 Å². The van der Waals surface area contributed by atoms with E-state index >= 15 is 0 Å². The van der Waals surface area contributed by atoms with Gasteiger partial charge in [-0.3, -0.25) is 10.1 Å². The summed E-state index contributed by atoms with van der Waals surface area (Å²) in [7, 11) is 0. The molecule has 110 valence electrons. The van der Waals surface area contributed by atoms with Crippen LogP contribution in [0.1, 0.15) is 11.1 Å². The van der Waals surface area contributed by atoms with Gasteiger partial charge in [0.1, 0.15) is 12.0 Å². The lowest BCUT2D eigenvalue weighted by molar-refractivity contribution is -0.384. The molecule has 22 heavy (non-hydrogen) atoms. The summed E-state index contributed by atoms with van der Waals surface area (Å²) >= 11 is 0. The van der Waals surface area contributed by atoms with Crippen molar-refractivity contribution in [3.63, 3.8) is 0 Å². The number of hydrogen-bond donors (Lipinski definition) is 0. The van der Waals surface area contributed by atoms with Crippen molar-refractivity contribution in [1.29, 1.82) is 0 Å². The number of rotatable bonds is 3. The van der Waals surface area contributed by atoms with Gasteiger partial charge in [0, 0.05) is 23.3 Å². The van der Waals surface area contributed by atoms with Crippen LogP contribution in [-0.2, 0) is 0 Å². The molecular formula is C17H14N2O3. The van der Waals surface area contributed by atoms with Crippen LogP contribution >= 0.6 is 0 Å². The van der Waals surface area contributed by atoms with Crippen LogP contribution in [-0.4, -0.2) is 9.91 Å². The van der Waals surface area contributed by atoms with E-state index in [1.54, 1.807) is 18.4 Å². The molecule has 0 aliphatic heterocycles. The van der Waals surface area contributed by atoms with Crippen LogP contribution in [0.4, 0.5) is 5.69 Å². The average Bonchev–Trinajstić information content (AvgIpc) is 2.96. The van der Waals surface area contributed by atoms with E-state index in [4.69, 9.17) is 4.42 Å². The van der Waals surface area contributed by atoms with Gasteiger partial charge in [-0.25, -0.2) is 4.98 Å². The van der Waals surface area contributed by atoms with E-state index in [1.807, 2.05) is 26.0 Å². The van der Waals surface area contributed by atoms with Crippen LogP contribution in [0.3, 0.4) is 0 Å². The third-order valence-corrected chi connectivity index (χ3v) is 3.35. The molecule has 1 heterocycles. The second-order valence-corrected chi connectivity index (χ2v) is 5.22. The SMILES string of the molecule is Cc1cc(C)cc(-c2nc(-c3ccc([N+](=O)[O-])cc3)co2)c1. The van der Waals surface area contributed by atoms with Gasteiger partial charge in [0.05, 0.1) is 4.92 Å². The molecule has 0 aliphatic carbocycles. The molecule has 0 amide bonds. The highest BCUT2D eigenvalue weighted by Crippen LogP contribution is 2.27. The van der Waals surface area contributed by atoms with Gasteiger partial charge in [0.2, 0.25) is 5.89 Å². The molecule has 0 N–H and O–H groups in total. The van der Waals surface area contributed by atoms with E-state index in [-0.39, 0.29) is 5.69 Å². The van der Waals surface area contributed by atoms with Crippen molar-refractivity contribution in [2.45, 2.75) is 13.8 Å². The van der Waals surface area contributed by atoms with Gasteiger partial charge in [0.25, 0.3) is 5.69 Å². The maximum atomic E-state index is 10.7. The van der Waals surface area contributed by atoms with Crippen molar-refractivity contribution in [3.05, 3.63) is 70.0 Å². The minimum Gasteiger partial charge on any atom is -0.444 e. The molecule has 5 heteroatoms. The molecule has 0 radical (unpaired) electrons. The standard InChI is InChI=1S/C17H14N2O3/c1-11-7-12(2)9-14(8-11)17-18-16(10-22-17)13-3-5-15(6-4-13)19(20)21/h3-10H,1-2H3. The normalized spacial score (nSPS) is 10.6. The van der Waals surface area contributed by atoms with Crippen molar-refractivity contribution in [2.75, 3.05) is 0 Å². The van der Waals surface area contributed by atoms with E-state index in [1.165, 1.54) is 12.1 Å². The Morgan fingerprint density at radius 3 is 2.23 bits per heavy atom. The molecule has 0 saturated carbocycles. The van der Waals surface area contributed by atoms with Crippen molar-refractivity contribution in [2.24, 2.45) is 0 Å². The fourth-order valence-electron chi connectivity index (χ4n) is 2.39. The predicted octanol–water partition coefficient (Wildman–Crippen LogP) is 4.53. The first-order valence-electron chi connectivity index (χ1n) is 6.82. The Bertz CT molecular complexity index is 815. The number of non-ortho nitro benzene ring substituents is 1. The summed E-state index contributed by atoms with van der Waals surface area (Å²) in [6.45, 7) is 4.05. The van der Waals surface area contributed by atoms with Crippen LogP contribution in [0, 0.1) is 24.0 Å². The smallest absolute Gasteiger partial charge is 0.269 e. The van der Waals surface area contributed by atoms with Crippen LogP contribution in [0.5, 0.6) is 0 Å². The maximum Gasteiger partial charge on any atom is 0.269 e. The molecule has 2 aromatic carbocycles. The summed E-state index contributed by atoms with van der Waals surface area (Å²) in [6, 6.07) is 12.4. The molecule has 0 atom stereocenters. The second-order valence-electron chi connectivity index (χ2n) is 5.22. The molecule has 0 unspecified atom stereocenters. The summed E-state index contributed by atoms with van der Waals surface area (Å²) in [5.41, 5.74) is 4.71. The molecule has 3 aromatic rings. The average molecular weight is 294 g/mol. The van der Waals surface area contributed by atoms with E-state index in [2.05, 4.69) is 11.1 Å². The lowest BCUT2D eigenvalue weighted by atomic mass is 10.1. The number of benzene rings is 2. The first-order chi connectivity index (χ1) is 10.5. The Morgan fingerprint density at radius 1 is 1.00 bits per heavy atom. The molecular weight excluding hydrogens is 280 g/mol. The summed E-state index contributed by atoms with van der Waals surface area (Å²) in [4.78, 5) is 14.7. The molecule has 0 fully saturated rings. The van der Waals surface area contributed by atoms with Gasteiger partial charge in [0.15, 0.2) is 0 Å². The number of hydrogen-bond acceptors (Lipinski definition) is 4. The highest BCUT2D eigenvalue weighted by atomic mass is 16.6. The van der Waals surface area contributed by atoms with E-state index in [0.717, 1.165) is 22.3 Å². The van der Waals surface area contributed by atoms with Crippen LogP contribution in [0.15, 0.2) is 53.1 Å². The number of nitro benzene ring substituents is 1. The van der Waals surface area contributed by atoms with Crippen molar-refractivity contribution in [3.8, 4) is 22.7 Å². The lowest BCUT2D eigenvalue weighted by Crippen LogP contribution is -1.87. The van der Waals surface area contributed by atoms with Crippen LogP contribution < -0.4 is 0 Å². The van der Waals surface area contributed by atoms with Crippen molar-refractivity contribution in [1.82, 2.24) is 4.98 Å². The minimum absolute atomic E-state index is 0.0572. The Morgan fingerprint density at radius 2 is 1.64 bits per heavy atom. The third-order valence-electron chi connectivity index (χ3n) is 3.35. The predicted molar refractivity (Wildman–Crippen MR) is 83.5 cm³/mol. The Hall–Kier alpha value is -2.95. The molecule has 0 bridgehead atoms. The largest absolute Gasteiger partial charge is 0.444 e. The lowest BCUT2D eigenvalue weighted by Gasteiger charge is -2.00. The van der Waals surface area contributed by atoms with Gasteiger partial charge >= 0.3 is 0 Å². The number of aryl methyl sites for hydroxylation is 2. The Kier molecular flexibility index (Phi) is 3.47. The van der Waals surface area contributed by atoms with Gasteiger partial charge in [-0.1, -0.05) is 17.2 Å². The number of aromatic nitrogens is 1. The van der Waals surface area contributed by atoms with Crippen LogP contribution in [0.25, 0.3) is 22.7 Å². The quantitative estimate of drug-likeness (QED) is 0.525. The minimum atomic E-state index is -0.423. The van der Waals surface area contributed by atoms with E-state index in [0.29, 0.717) is 11.6 Å². The van der Waals surface area contributed by atoms with Gasteiger partial charge < -0.3 is 4.42 Å². The zero-order valence-electron chi connectivity index (χ0n) is 12.2. The molecule has 0 aliphatic rings. The summed E-state index contributed by atoms with van der Waals surface area (Å²) < 4.78 is 5.55. The molecule has 0 saturated heterocycles. The maximum absolute atomic E-state index is 10.7. The van der Waals surface area contributed by atoms with Gasteiger partial charge in [-0.05, 0) is 38.1 Å². The molecule has 3 rings (SSSR count). The molecule has 0 spiro atoms. The van der Waals surface area contributed by atoms with E-state index in [9.17, 15) is 10.1 Å². The van der Waals surface area contributed by atoms with Crippen LogP contribution in [0.2, 0.25) is 0 Å². The summed E-state index contributed by atoms with van der Waals surface area (Å²) in [5.74, 6) is 0.542. The van der Waals surface area contributed by atoms with E-state index < -0.39 is 4.92 Å². The highest BCUT2D eigenvalue weighted by Gasteiger charge is 2.11. The third kappa shape index (κ3) is 2.74. The zero-order chi connectivity index (χ0) is 15.7.